The van der Waals surface area contributed by atoms with Crippen LogP contribution in [0.25, 0.3) is 0 Å². The average Bonchev–Trinajstić information content (AvgIpc) is 3.05. The highest BCUT2D eigenvalue weighted by molar-refractivity contribution is 7.10. The number of aliphatic carboxylic acids is 1. The van der Waals surface area contributed by atoms with E-state index in [4.69, 9.17) is 0 Å². The minimum absolute atomic E-state index is 0.0757. The molecule has 2 atom stereocenters. The van der Waals surface area contributed by atoms with Gasteiger partial charge in [-0.1, -0.05) is 6.07 Å². The minimum Gasteiger partial charge on any atom is -0.481 e. The first-order chi connectivity index (χ1) is 11.3. The van der Waals surface area contributed by atoms with Crippen molar-refractivity contribution in [2.24, 2.45) is 23.2 Å². The standard InChI is InChI=1S/C19H25NO3S/c1-18(2,14-4-3-5-24-14)16(21)20-15-12-6-11-7-13(15)10-19(8-11,9-12)17(22)23/h3-5,11-13,15H,6-10H2,1-2H3,(H,20,21)(H,22,23). The van der Waals surface area contributed by atoms with Gasteiger partial charge in [0.15, 0.2) is 0 Å². The van der Waals surface area contributed by atoms with E-state index in [9.17, 15) is 14.7 Å². The summed E-state index contributed by atoms with van der Waals surface area (Å²) in [5, 5.41) is 15.0. The molecule has 0 aliphatic heterocycles. The molecule has 5 rings (SSSR count). The van der Waals surface area contributed by atoms with Crippen molar-refractivity contribution >= 4 is 23.2 Å². The Labute approximate surface area is 146 Å². The molecular weight excluding hydrogens is 322 g/mol. The van der Waals surface area contributed by atoms with Crippen molar-refractivity contribution in [2.45, 2.75) is 57.4 Å². The van der Waals surface area contributed by atoms with Gasteiger partial charge in [0.05, 0.1) is 10.8 Å². The maximum atomic E-state index is 12.9. The second-order valence-corrected chi connectivity index (χ2v) is 9.60. The van der Waals surface area contributed by atoms with Crippen LogP contribution in [0.1, 0.15) is 50.8 Å². The number of hydrogen-bond donors (Lipinski definition) is 2. The molecule has 0 aromatic carbocycles. The molecule has 4 aliphatic rings. The van der Waals surface area contributed by atoms with Crippen molar-refractivity contribution in [2.75, 3.05) is 0 Å². The highest BCUT2D eigenvalue weighted by Gasteiger charge is 2.59. The maximum absolute atomic E-state index is 12.9. The van der Waals surface area contributed by atoms with E-state index in [1.807, 2.05) is 31.4 Å². The summed E-state index contributed by atoms with van der Waals surface area (Å²) in [5.41, 5.74) is -1.05. The molecule has 0 saturated heterocycles. The molecule has 0 radical (unpaired) electrons. The Morgan fingerprint density at radius 1 is 1.25 bits per heavy atom. The van der Waals surface area contributed by atoms with Gasteiger partial charge in [-0.25, -0.2) is 0 Å². The van der Waals surface area contributed by atoms with Crippen molar-refractivity contribution in [3.05, 3.63) is 22.4 Å². The maximum Gasteiger partial charge on any atom is 0.309 e. The molecule has 4 saturated carbocycles. The van der Waals surface area contributed by atoms with E-state index in [0.29, 0.717) is 17.8 Å². The van der Waals surface area contributed by atoms with Gasteiger partial charge in [0.25, 0.3) is 0 Å². The predicted molar refractivity (Wildman–Crippen MR) is 92.9 cm³/mol. The zero-order valence-electron chi connectivity index (χ0n) is 14.2. The van der Waals surface area contributed by atoms with Crippen LogP contribution in [0.3, 0.4) is 0 Å². The number of nitrogens with one attached hydrogen (secondary N) is 1. The lowest BCUT2D eigenvalue weighted by molar-refractivity contribution is -0.168. The van der Waals surface area contributed by atoms with E-state index in [-0.39, 0.29) is 11.9 Å². The molecule has 2 unspecified atom stereocenters. The van der Waals surface area contributed by atoms with E-state index in [1.54, 1.807) is 11.3 Å². The quantitative estimate of drug-likeness (QED) is 0.877. The summed E-state index contributed by atoms with van der Waals surface area (Å²) in [6, 6.07) is 4.15. The van der Waals surface area contributed by atoms with Crippen molar-refractivity contribution < 1.29 is 14.7 Å². The van der Waals surface area contributed by atoms with Gasteiger partial charge in [0.1, 0.15) is 0 Å². The van der Waals surface area contributed by atoms with E-state index in [1.165, 1.54) is 0 Å². The van der Waals surface area contributed by atoms with E-state index in [0.717, 1.165) is 37.0 Å². The molecule has 4 aliphatic carbocycles. The van der Waals surface area contributed by atoms with Crippen molar-refractivity contribution in [1.82, 2.24) is 5.32 Å². The first-order valence-corrected chi connectivity index (χ1v) is 9.78. The molecule has 4 fully saturated rings. The Kier molecular flexibility index (Phi) is 3.57. The first-order valence-electron chi connectivity index (χ1n) is 8.90. The van der Waals surface area contributed by atoms with Crippen LogP contribution in [-0.4, -0.2) is 23.0 Å². The van der Waals surface area contributed by atoms with Crippen molar-refractivity contribution in [3.8, 4) is 0 Å². The lowest BCUT2D eigenvalue weighted by atomic mass is 9.48. The molecule has 24 heavy (non-hydrogen) atoms. The normalized spacial score (nSPS) is 37.4. The Balaban J connectivity index is 1.53. The van der Waals surface area contributed by atoms with Crippen LogP contribution in [0.4, 0.5) is 0 Å². The molecule has 2 N–H and O–H groups in total. The van der Waals surface area contributed by atoms with Gasteiger partial charge in [-0.05, 0) is 75.2 Å². The zero-order valence-corrected chi connectivity index (χ0v) is 15.1. The number of carboxylic acids is 1. The monoisotopic (exact) mass is 347 g/mol. The number of hydrogen-bond acceptors (Lipinski definition) is 3. The molecule has 1 amide bonds. The van der Waals surface area contributed by atoms with E-state index >= 15 is 0 Å². The first kappa shape index (κ1) is 16.1. The summed E-state index contributed by atoms with van der Waals surface area (Å²) in [4.78, 5) is 25.8. The highest BCUT2D eigenvalue weighted by atomic mass is 32.1. The van der Waals surface area contributed by atoms with E-state index < -0.39 is 16.8 Å². The molecule has 130 valence electrons. The Bertz CT molecular complexity index is 650. The van der Waals surface area contributed by atoms with Gasteiger partial charge >= 0.3 is 5.97 Å². The van der Waals surface area contributed by atoms with Crippen LogP contribution in [0.15, 0.2) is 17.5 Å². The second kappa shape index (κ2) is 5.32. The smallest absolute Gasteiger partial charge is 0.309 e. The number of carbonyl (C=O) groups is 2. The largest absolute Gasteiger partial charge is 0.481 e. The van der Waals surface area contributed by atoms with Gasteiger partial charge in [-0.2, -0.15) is 0 Å². The summed E-state index contributed by atoms with van der Waals surface area (Å²) in [6.07, 6.45) is 4.47. The number of carboxylic acid groups (broad SMARTS) is 1. The molecular formula is C19H25NO3S. The number of amides is 1. The number of thiophene rings is 1. The van der Waals surface area contributed by atoms with Gasteiger partial charge in [0, 0.05) is 10.9 Å². The number of rotatable bonds is 4. The second-order valence-electron chi connectivity index (χ2n) is 8.66. The van der Waals surface area contributed by atoms with Crippen LogP contribution < -0.4 is 5.32 Å². The summed E-state index contributed by atoms with van der Waals surface area (Å²) in [5.74, 6) is 0.653. The Hall–Kier alpha value is -1.36. The molecule has 1 aromatic rings. The zero-order chi connectivity index (χ0) is 17.1. The topological polar surface area (TPSA) is 66.4 Å². The lowest BCUT2D eigenvalue weighted by Crippen LogP contribution is -2.62. The Morgan fingerprint density at radius 2 is 1.92 bits per heavy atom. The third-order valence-electron chi connectivity index (χ3n) is 6.73. The average molecular weight is 347 g/mol. The third-order valence-corrected chi connectivity index (χ3v) is 7.92. The molecule has 5 heteroatoms. The predicted octanol–water partition coefficient (Wildman–Crippen LogP) is 3.42. The lowest BCUT2D eigenvalue weighted by Gasteiger charge is -2.58. The molecule has 4 nitrogen and oxygen atoms in total. The third kappa shape index (κ3) is 2.32. The van der Waals surface area contributed by atoms with Crippen LogP contribution in [0.2, 0.25) is 0 Å². The Morgan fingerprint density at radius 3 is 2.46 bits per heavy atom. The van der Waals surface area contributed by atoms with Gasteiger partial charge in [0.2, 0.25) is 5.91 Å². The van der Waals surface area contributed by atoms with Gasteiger partial charge in [-0.15, -0.1) is 11.3 Å². The summed E-state index contributed by atoms with van der Waals surface area (Å²) in [6.45, 7) is 3.95. The molecule has 0 spiro atoms. The van der Waals surface area contributed by atoms with Crippen LogP contribution >= 0.6 is 11.3 Å². The summed E-state index contributed by atoms with van der Waals surface area (Å²) in [7, 11) is 0. The molecule has 4 bridgehead atoms. The van der Waals surface area contributed by atoms with Gasteiger partial charge in [-0.3, -0.25) is 9.59 Å². The SMILES string of the molecule is CC(C)(C(=O)NC1C2CC3CC1CC(C(=O)O)(C3)C2)c1cccs1. The molecule has 1 heterocycles. The fourth-order valence-electron chi connectivity index (χ4n) is 5.60. The fraction of sp³-hybridized carbons (Fsp3) is 0.684. The van der Waals surface area contributed by atoms with Crippen molar-refractivity contribution in [3.63, 3.8) is 0 Å². The fourth-order valence-corrected chi connectivity index (χ4v) is 6.45. The van der Waals surface area contributed by atoms with Crippen molar-refractivity contribution in [1.29, 1.82) is 0 Å². The highest BCUT2D eigenvalue weighted by Crippen LogP contribution is 2.60. The van der Waals surface area contributed by atoms with Crippen LogP contribution in [0, 0.1) is 23.2 Å². The summed E-state index contributed by atoms with van der Waals surface area (Å²) < 4.78 is 0. The molecule has 1 aromatic heterocycles. The van der Waals surface area contributed by atoms with Gasteiger partial charge < -0.3 is 10.4 Å². The van der Waals surface area contributed by atoms with Crippen LogP contribution in [-0.2, 0) is 15.0 Å². The van der Waals surface area contributed by atoms with E-state index in [2.05, 4.69) is 5.32 Å². The van der Waals surface area contributed by atoms with Crippen LogP contribution in [0.5, 0.6) is 0 Å². The minimum atomic E-state index is -0.620. The summed E-state index contributed by atoms with van der Waals surface area (Å²) >= 11 is 1.61. The number of carbonyl (C=O) groups excluding carboxylic acids is 1.